The monoisotopic (exact) mass is 468 g/mol. The topological polar surface area (TPSA) is 177 Å². The summed E-state index contributed by atoms with van der Waals surface area (Å²) in [7, 11) is 0. The quantitative estimate of drug-likeness (QED) is 0.168. The molecule has 0 unspecified atom stereocenters. The van der Waals surface area contributed by atoms with Gasteiger partial charge >= 0.3 is 5.97 Å². The Bertz CT molecular complexity index is 1310. The molecule has 0 saturated carbocycles. The number of fused-ring (bicyclic) bond motifs is 3. The van der Waals surface area contributed by atoms with Crippen molar-refractivity contribution in [1.82, 2.24) is 0 Å². The van der Waals surface area contributed by atoms with Crippen molar-refractivity contribution in [3.05, 3.63) is 58.7 Å². The van der Waals surface area contributed by atoms with Crippen LogP contribution < -0.4 is 9.47 Å². The number of ether oxygens (including phenoxy) is 2. The molecule has 0 bridgehead atoms. The van der Waals surface area contributed by atoms with Crippen molar-refractivity contribution < 1.29 is 50.0 Å². The van der Waals surface area contributed by atoms with Gasteiger partial charge in [-0.2, -0.15) is 0 Å². The van der Waals surface area contributed by atoms with E-state index in [1.807, 2.05) is 0 Å². The van der Waals surface area contributed by atoms with E-state index >= 15 is 0 Å². The predicted molar refractivity (Wildman–Crippen MR) is 114 cm³/mol. The molecular formula is C24H20O10. The smallest absolute Gasteiger partial charge is 0.312 e. The van der Waals surface area contributed by atoms with Crippen molar-refractivity contribution in [2.45, 2.75) is 31.0 Å². The van der Waals surface area contributed by atoms with Crippen LogP contribution in [0, 0.1) is 0 Å². The molecule has 7 N–H and O–H groups in total. The van der Waals surface area contributed by atoms with Gasteiger partial charge in [0.05, 0.1) is 12.5 Å². The van der Waals surface area contributed by atoms with Crippen LogP contribution in [0.3, 0.4) is 0 Å². The number of hydrogen-bond donors (Lipinski definition) is 7. The Morgan fingerprint density at radius 1 is 0.765 bits per heavy atom. The van der Waals surface area contributed by atoms with Gasteiger partial charge in [-0.25, -0.2) is 0 Å². The molecule has 10 heteroatoms. The standard InChI is InChI=1S/C24H20O10/c25-13-2-1-9(3-15(13)27)11-7-20(31)33-19-8-14(26)12-6-18(30)23(34-24(12)21(11)19)10-4-16(28)22(32)17(29)5-10/h1-5,8,11,18,23,25-30,32H,6-7H2/t11-,18+,23-/m1/s1. The maximum Gasteiger partial charge on any atom is 0.312 e. The number of hydrogen-bond acceptors (Lipinski definition) is 10. The average molecular weight is 468 g/mol. The normalized spacial score (nSPS) is 21.2. The minimum absolute atomic E-state index is 0.0385. The highest BCUT2D eigenvalue weighted by Gasteiger charge is 2.40. The summed E-state index contributed by atoms with van der Waals surface area (Å²) in [5.74, 6) is -3.98. The molecule has 5 rings (SSSR count). The van der Waals surface area contributed by atoms with E-state index in [1.54, 1.807) is 0 Å². The third kappa shape index (κ3) is 3.35. The summed E-state index contributed by atoms with van der Waals surface area (Å²) in [6.45, 7) is 0. The minimum Gasteiger partial charge on any atom is -0.507 e. The molecule has 0 spiro atoms. The maximum atomic E-state index is 12.3. The molecule has 2 aliphatic rings. The van der Waals surface area contributed by atoms with E-state index in [2.05, 4.69) is 0 Å². The molecule has 0 fully saturated rings. The lowest BCUT2D eigenvalue weighted by Gasteiger charge is -2.36. The van der Waals surface area contributed by atoms with Gasteiger partial charge in [-0.05, 0) is 29.8 Å². The van der Waals surface area contributed by atoms with Crippen LogP contribution in [-0.2, 0) is 11.2 Å². The fourth-order valence-corrected chi connectivity index (χ4v) is 4.50. The van der Waals surface area contributed by atoms with E-state index in [0.29, 0.717) is 11.1 Å². The fourth-order valence-electron chi connectivity index (χ4n) is 4.50. The zero-order valence-electron chi connectivity index (χ0n) is 17.5. The van der Waals surface area contributed by atoms with Crippen LogP contribution in [0.25, 0.3) is 0 Å². The summed E-state index contributed by atoms with van der Waals surface area (Å²) >= 11 is 0. The van der Waals surface area contributed by atoms with E-state index in [9.17, 15) is 40.5 Å². The van der Waals surface area contributed by atoms with Crippen molar-refractivity contribution >= 4 is 5.97 Å². The minimum atomic E-state index is -1.19. The predicted octanol–water partition coefficient (Wildman–Crippen LogP) is 2.40. The van der Waals surface area contributed by atoms with Gasteiger partial charge in [0.1, 0.15) is 17.2 Å². The molecular weight excluding hydrogens is 448 g/mol. The average Bonchev–Trinajstić information content (AvgIpc) is 2.78. The molecule has 34 heavy (non-hydrogen) atoms. The number of aliphatic hydroxyl groups is 1. The summed E-state index contributed by atoms with van der Waals surface area (Å²) in [4.78, 5) is 12.3. The van der Waals surface area contributed by atoms with Gasteiger partial charge in [-0.15, -0.1) is 0 Å². The van der Waals surface area contributed by atoms with Crippen LogP contribution >= 0.6 is 0 Å². The van der Waals surface area contributed by atoms with Crippen LogP contribution in [0.2, 0.25) is 0 Å². The number of aliphatic hydroxyl groups excluding tert-OH is 1. The van der Waals surface area contributed by atoms with Crippen LogP contribution in [0.5, 0.6) is 46.0 Å². The van der Waals surface area contributed by atoms with Gasteiger partial charge in [-0.3, -0.25) is 4.79 Å². The number of carbonyl (C=O) groups excluding carboxylic acids is 1. The molecule has 0 saturated heterocycles. The number of esters is 1. The van der Waals surface area contributed by atoms with Crippen LogP contribution in [0.4, 0.5) is 0 Å². The van der Waals surface area contributed by atoms with Crippen molar-refractivity contribution in [1.29, 1.82) is 0 Å². The van der Waals surface area contributed by atoms with Crippen LogP contribution in [0.1, 0.15) is 40.7 Å². The number of carbonyl (C=O) groups is 1. The van der Waals surface area contributed by atoms with Gasteiger partial charge in [0.25, 0.3) is 0 Å². The second-order valence-corrected chi connectivity index (χ2v) is 8.31. The number of phenolic OH excluding ortho intramolecular Hbond substituents is 6. The number of phenols is 6. The lowest BCUT2D eigenvalue weighted by atomic mass is 9.82. The third-order valence-corrected chi connectivity index (χ3v) is 6.13. The van der Waals surface area contributed by atoms with Crippen molar-refractivity contribution in [2.75, 3.05) is 0 Å². The first-order valence-electron chi connectivity index (χ1n) is 10.3. The largest absolute Gasteiger partial charge is 0.507 e. The third-order valence-electron chi connectivity index (χ3n) is 6.13. The highest BCUT2D eigenvalue weighted by atomic mass is 16.5. The van der Waals surface area contributed by atoms with Crippen LogP contribution in [0.15, 0.2) is 36.4 Å². The Balaban J connectivity index is 1.67. The van der Waals surface area contributed by atoms with Crippen molar-refractivity contribution in [3.63, 3.8) is 0 Å². The molecule has 0 radical (unpaired) electrons. The Kier molecular flexibility index (Phi) is 4.83. The summed E-state index contributed by atoms with van der Waals surface area (Å²) in [6.07, 6.45) is -2.49. The SMILES string of the molecule is O=C1C[C@H](c2ccc(O)c(O)c2)c2c(cc(O)c3c2O[C@H](c2cc(O)c(O)c(O)c2)[C@@H](O)C3)O1. The second kappa shape index (κ2) is 7.63. The Labute approximate surface area is 192 Å². The summed E-state index contributed by atoms with van der Waals surface area (Å²) in [5, 5.41) is 70.4. The van der Waals surface area contributed by atoms with Gasteiger partial charge in [0.15, 0.2) is 34.9 Å². The molecule has 2 heterocycles. The number of rotatable bonds is 2. The summed E-state index contributed by atoms with van der Waals surface area (Å²) in [5.41, 5.74) is 1.30. The van der Waals surface area contributed by atoms with Gasteiger partial charge in [0, 0.05) is 35.1 Å². The Morgan fingerprint density at radius 3 is 2.12 bits per heavy atom. The fraction of sp³-hybridized carbons (Fsp3) is 0.208. The first-order valence-corrected chi connectivity index (χ1v) is 10.3. The highest BCUT2D eigenvalue weighted by Crippen LogP contribution is 2.53. The first kappa shape index (κ1) is 21.5. The van der Waals surface area contributed by atoms with E-state index in [4.69, 9.17) is 9.47 Å². The van der Waals surface area contributed by atoms with E-state index in [-0.39, 0.29) is 52.7 Å². The van der Waals surface area contributed by atoms with E-state index in [0.717, 1.165) is 12.1 Å². The molecule has 3 atom stereocenters. The number of benzene rings is 3. The molecule has 3 aromatic carbocycles. The molecule has 0 amide bonds. The molecule has 3 aromatic rings. The van der Waals surface area contributed by atoms with Crippen molar-refractivity contribution in [3.8, 4) is 46.0 Å². The van der Waals surface area contributed by atoms with Gasteiger partial charge in [-0.1, -0.05) is 6.07 Å². The summed E-state index contributed by atoms with van der Waals surface area (Å²) in [6, 6.07) is 7.66. The van der Waals surface area contributed by atoms with Gasteiger partial charge in [0.2, 0.25) is 0 Å². The zero-order valence-corrected chi connectivity index (χ0v) is 17.5. The number of aromatic hydroxyl groups is 6. The zero-order chi connectivity index (χ0) is 24.3. The Hall–Kier alpha value is -4.31. The molecule has 10 nitrogen and oxygen atoms in total. The highest BCUT2D eigenvalue weighted by molar-refractivity contribution is 5.80. The maximum absolute atomic E-state index is 12.3. The molecule has 0 aromatic heterocycles. The first-order chi connectivity index (χ1) is 16.1. The molecule has 0 aliphatic carbocycles. The molecule has 176 valence electrons. The lowest BCUT2D eigenvalue weighted by Crippen LogP contribution is -2.32. The summed E-state index contributed by atoms with van der Waals surface area (Å²) < 4.78 is 11.4. The van der Waals surface area contributed by atoms with Crippen LogP contribution in [-0.4, -0.2) is 47.8 Å². The molecule has 2 aliphatic heterocycles. The lowest BCUT2D eigenvalue weighted by molar-refractivity contribution is -0.135. The second-order valence-electron chi connectivity index (χ2n) is 8.31. The van der Waals surface area contributed by atoms with E-state index < -0.39 is 41.3 Å². The van der Waals surface area contributed by atoms with Gasteiger partial charge < -0.3 is 45.2 Å². The van der Waals surface area contributed by atoms with Crippen molar-refractivity contribution in [2.24, 2.45) is 0 Å². The van der Waals surface area contributed by atoms with E-state index in [1.165, 1.54) is 24.3 Å². The Morgan fingerprint density at radius 2 is 1.44 bits per heavy atom.